The Morgan fingerprint density at radius 1 is 1.39 bits per heavy atom. The molecule has 3 heterocycles. The van der Waals surface area contributed by atoms with Crippen LogP contribution in [0.25, 0.3) is 11.0 Å². The van der Waals surface area contributed by atoms with E-state index in [1.54, 1.807) is 0 Å². The highest BCUT2D eigenvalue weighted by Gasteiger charge is 2.24. The van der Waals surface area contributed by atoms with Crippen LogP contribution in [0.1, 0.15) is 32.5 Å². The molecule has 2 unspecified atom stereocenters. The number of hydrogen-bond donors (Lipinski definition) is 1. The molecule has 0 amide bonds. The van der Waals surface area contributed by atoms with E-state index in [2.05, 4.69) is 57.2 Å². The molecule has 0 radical (unpaired) electrons. The molecule has 0 saturated carbocycles. The Kier molecular flexibility index (Phi) is 4.31. The van der Waals surface area contributed by atoms with E-state index in [0.29, 0.717) is 12.0 Å². The number of hydrogen-bond acceptors (Lipinski definition) is 5. The molecule has 23 heavy (non-hydrogen) atoms. The summed E-state index contributed by atoms with van der Waals surface area (Å²) in [6.07, 6.45) is 2.02. The molecule has 1 aliphatic heterocycles. The van der Waals surface area contributed by atoms with Crippen molar-refractivity contribution in [1.29, 1.82) is 0 Å². The molecular formula is C16H23BrN6. The van der Waals surface area contributed by atoms with Gasteiger partial charge in [0.2, 0.25) is 0 Å². The lowest BCUT2D eigenvalue weighted by Gasteiger charge is -2.21. The van der Waals surface area contributed by atoms with Gasteiger partial charge in [0.15, 0.2) is 0 Å². The topological polar surface area (TPSA) is 58.3 Å². The first-order valence-electron chi connectivity index (χ1n) is 7.94. The van der Waals surface area contributed by atoms with E-state index in [0.717, 1.165) is 33.6 Å². The molecule has 6 nitrogen and oxygen atoms in total. The van der Waals surface area contributed by atoms with Crippen molar-refractivity contribution in [3.63, 3.8) is 0 Å². The summed E-state index contributed by atoms with van der Waals surface area (Å²) in [7, 11) is 2.01. The van der Waals surface area contributed by atoms with Crippen LogP contribution in [0.5, 0.6) is 0 Å². The largest absolute Gasteiger partial charge is 0.382 e. The molecule has 2 aromatic rings. The predicted molar refractivity (Wildman–Crippen MR) is 98.0 cm³/mol. The van der Waals surface area contributed by atoms with E-state index >= 15 is 0 Å². The summed E-state index contributed by atoms with van der Waals surface area (Å²) in [5, 5.41) is 14.6. The summed E-state index contributed by atoms with van der Waals surface area (Å²) in [5.74, 6) is 0.388. The zero-order valence-electron chi connectivity index (χ0n) is 14.2. The van der Waals surface area contributed by atoms with Crippen molar-refractivity contribution in [3.05, 3.63) is 16.4 Å². The number of hydrazone groups is 1. The van der Waals surface area contributed by atoms with Crippen LogP contribution in [0.3, 0.4) is 0 Å². The normalized spacial score (nSPS) is 20.9. The van der Waals surface area contributed by atoms with Crippen molar-refractivity contribution in [2.24, 2.45) is 11.0 Å². The molecule has 0 spiro atoms. The first-order valence-corrected chi connectivity index (χ1v) is 8.74. The molecule has 124 valence electrons. The highest BCUT2D eigenvalue weighted by Crippen LogP contribution is 2.30. The molecule has 3 rings (SSSR count). The zero-order valence-corrected chi connectivity index (χ0v) is 15.8. The fraction of sp³-hybridized carbons (Fsp3) is 0.562. The number of halogens is 1. The maximum Gasteiger partial charge on any atom is 0.115 e. The quantitative estimate of drug-likeness (QED) is 0.827. The van der Waals surface area contributed by atoms with Crippen molar-refractivity contribution in [3.8, 4) is 0 Å². The van der Waals surface area contributed by atoms with Crippen LogP contribution < -0.4 is 5.32 Å². The third-order valence-corrected chi connectivity index (χ3v) is 4.86. The van der Waals surface area contributed by atoms with E-state index in [1.165, 1.54) is 0 Å². The summed E-state index contributed by atoms with van der Waals surface area (Å²) in [5.41, 5.74) is 4.03. The van der Waals surface area contributed by atoms with Gasteiger partial charge in [-0.1, -0.05) is 0 Å². The predicted octanol–water partition coefficient (Wildman–Crippen LogP) is 3.43. The molecule has 2 atom stereocenters. The average Bonchev–Trinajstić information content (AvgIpc) is 2.99. The molecule has 0 aromatic carbocycles. The van der Waals surface area contributed by atoms with Crippen LogP contribution in [0.2, 0.25) is 0 Å². The van der Waals surface area contributed by atoms with Gasteiger partial charge in [0.25, 0.3) is 0 Å². The van der Waals surface area contributed by atoms with Crippen LogP contribution in [-0.2, 0) is 0 Å². The smallest absolute Gasteiger partial charge is 0.115 e. The third kappa shape index (κ3) is 2.94. The van der Waals surface area contributed by atoms with Crippen LogP contribution in [0.15, 0.2) is 15.8 Å². The van der Waals surface area contributed by atoms with Gasteiger partial charge in [-0.15, -0.1) is 0 Å². The number of pyridine rings is 1. The number of aryl methyl sites for hydroxylation is 1. The molecule has 1 aliphatic rings. The molecule has 2 aromatic heterocycles. The first-order chi connectivity index (χ1) is 10.9. The van der Waals surface area contributed by atoms with Crippen LogP contribution in [0, 0.1) is 12.8 Å². The molecule has 1 N–H and O–H groups in total. The average molecular weight is 379 g/mol. The molecule has 0 bridgehead atoms. The number of fused-ring (bicyclic) bond motifs is 1. The molecule has 0 fully saturated rings. The van der Waals surface area contributed by atoms with Gasteiger partial charge in [-0.25, -0.2) is 4.98 Å². The number of nitrogens with zero attached hydrogens (tertiary/aromatic N) is 5. The Labute approximate surface area is 145 Å². The molecular weight excluding hydrogens is 356 g/mol. The van der Waals surface area contributed by atoms with Crippen molar-refractivity contribution >= 4 is 38.9 Å². The Balaban J connectivity index is 1.95. The van der Waals surface area contributed by atoms with Gasteiger partial charge in [0.1, 0.15) is 15.6 Å². The first kappa shape index (κ1) is 16.2. The zero-order chi connectivity index (χ0) is 16.7. The molecule has 7 heteroatoms. The lowest BCUT2D eigenvalue weighted by Crippen LogP contribution is -2.30. The van der Waals surface area contributed by atoms with E-state index in [-0.39, 0.29) is 6.04 Å². The summed E-state index contributed by atoms with van der Waals surface area (Å²) < 4.78 is 2.87. The van der Waals surface area contributed by atoms with Gasteiger partial charge in [-0.2, -0.15) is 10.2 Å². The van der Waals surface area contributed by atoms with E-state index < -0.39 is 0 Å². The highest BCUT2D eigenvalue weighted by molar-refractivity contribution is 9.10. The number of nitrogens with one attached hydrogen (secondary N) is 1. The summed E-state index contributed by atoms with van der Waals surface area (Å²) in [6, 6.07) is 2.72. The van der Waals surface area contributed by atoms with Crippen LogP contribution in [0.4, 0.5) is 5.69 Å². The van der Waals surface area contributed by atoms with Gasteiger partial charge in [0.05, 0.1) is 17.4 Å². The standard InChI is InChI=1S/C16H23BrN6/c1-9(2)23-16-13(6-14(17)20-15(16)10(3)21-23)18-7-12-8-19-22(5)11(12)4/h6,8-9,11-12H,7H2,1-5H3,(H,18,20). The van der Waals surface area contributed by atoms with Gasteiger partial charge in [0, 0.05) is 31.8 Å². The second kappa shape index (κ2) is 6.11. The second-order valence-electron chi connectivity index (χ2n) is 6.44. The minimum absolute atomic E-state index is 0.285. The summed E-state index contributed by atoms with van der Waals surface area (Å²) >= 11 is 3.52. The van der Waals surface area contributed by atoms with E-state index in [4.69, 9.17) is 0 Å². The van der Waals surface area contributed by atoms with E-state index in [9.17, 15) is 0 Å². The van der Waals surface area contributed by atoms with Crippen LogP contribution >= 0.6 is 15.9 Å². The number of rotatable bonds is 4. The maximum absolute atomic E-state index is 4.66. The number of anilines is 1. The Morgan fingerprint density at radius 3 is 2.74 bits per heavy atom. The Hall–Kier alpha value is -1.63. The molecule has 0 saturated heterocycles. The minimum Gasteiger partial charge on any atom is -0.382 e. The fourth-order valence-corrected chi connectivity index (χ4v) is 3.31. The fourth-order valence-electron chi connectivity index (χ4n) is 2.91. The Morgan fingerprint density at radius 2 is 2.13 bits per heavy atom. The van der Waals surface area contributed by atoms with E-state index in [1.807, 2.05) is 35.9 Å². The monoisotopic (exact) mass is 378 g/mol. The second-order valence-corrected chi connectivity index (χ2v) is 7.25. The number of aromatic nitrogens is 3. The maximum atomic E-state index is 4.66. The lowest BCUT2D eigenvalue weighted by molar-refractivity contribution is 0.269. The van der Waals surface area contributed by atoms with Crippen LogP contribution in [-0.4, -0.2) is 45.6 Å². The lowest BCUT2D eigenvalue weighted by atomic mass is 10.0. The summed E-state index contributed by atoms with van der Waals surface area (Å²) in [6.45, 7) is 9.31. The van der Waals surface area contributed by atoms with Gasteiger partial charge >= 0.3 is 0 Å². The van der Waals surface area contributed by atoms with Gasteiger partial charge in [-0.05, 0) is 49.7 Å². The van der Waals surface area contributed by atoms with Gasteiger partial charge in [-0.3, -0.25) is 9.69 Å². The minimum atomic E-state index is 0.285. The SMILES string of the molecule is Cc1nn(C(C)C)c2c(NCC3C=NN(C)C3C)cc(Br)nc12. The van der Waals surface area contributed by atoms with Gasteiger partial charge < -0.3 is 5.32 Å². The van der Waals surface area contributed by atoms with Crippen molar-refractivity contribution in [1.82, 2.24) is 19.8 Å². The summed E-state index contributed by atoms with van der Waals surface area (Å²) in [4.78, 5) is 4.60. The molecule has 0 aliphatic carbocycles. The van der Waals surface area contributed by atoms with Crippen molar-refractivity contribution in [2.45, 2.75) is 39.8 Å². The highest BCUT2D eigenvalue weighted by atomic mass is 79.9. The van der Waals surface area contributed by atoms with Crippen molar-refractivity contribution in [2.75, 3.05) is 18.9 Å². The van der Waals surface area contributed by atoms with Crippen molar-refractivity contribution < 1.29 is 0 Å². The Bertz CT molecular complexity index is 751. The third-order valence-electron chi connectivity index (χ3n) is 4.46.